The van der Waals surface area contributed by atoms with Gasteiger partial charge in [0.25, 0.3) is 0 Å². The molecule has 0 saturated carbocycles. The summed E-state index contributed by atoms with van der Waals surface area (Å²) in [4.78, 5) is 13.5. The first-order valence-electron chi connectivity index (χ1n) is 5.38. The van der Waals surface area contributed by atoms with E-state index in [-0.39, 0.29) is 17.3 Å². The van der Waals surface area contributed by atoms with Crippen LogP contribution in [0.1, 0.15) is 20.3 Å². The van der Waals surface area contributed by atoms with Gasteiger partial charge in [-0.05, 0) is 32.4 Å². The van der Waals surface area contributed by atoms with E-state index in [0.29, 0.717) is 6.54 Å². The molecule has 1 heterocycles. The summed E-state index contributed by atoms with van der Waals surface area (Å²) in [5.74, 6) is 0.173. The molecule has 0 radical (unpaired) electrons. The molecule has 2 amide bonds. The van der Waals surface area contributed by atoms with E-state index in [2.05, 4.69) is 5.32 Å². The average Bonchev–Trinajstić information content (AvgIpc) is 2.15. The van der Waals surface area contributed by atoms with Crippen LogP contribution >= 0.6 is 0 Å². The van der Waals surface area contributed by atoms with Gasteiger partial charge >= 0.3 is 6.03 Å². The second-order valence-electron chi connectivity index (χ2n) is 4.65. The second-order valence-corrected chi connectivity index (χ2v) is 4.65. The quantitative estimate of drug-likeness (QED) is 0.761. The minimum Gasteiger partial charge on any atom is -0.508 e. The maximum absolute atomic E-state index is 11.9. The molecule has 0 aromatic heterocycles. The van der Waals surface area contributed by atoms with Crippen molar-refractivity contribution in [1.82, 2.24) is 5.32 Å². The first-order chi connectivity index (χ1) is 7.50. The Morgan fingerprint density at radius 2 is 2.19 bits per heavy atom. The molecule has 0 aliphatic carbocycles. The number of phenolic OH excluding ortho intramolecular Hbond substituents is 1. The third-order valence-electron chi connectivity index (χ3n) is 2.91. The number of nitrogens with one attached hydrogen (secondary N) is 1. The van der Waals surface area contributed by atoms with Crippen molar-refractivity contribution < 1.29 is 9.90 Å². The highest BCUT2D eigenvalue weighted by Crippen LogP contribution is 2.30. The summed E-state index contributed by atoms with van der Waals surface area (Å²) in [5.41, 5.74) is 0.498. The molecule has 2 N–H and O–H groups in total. The van der Waals surface area contributed by atoms with Crippen LogP contribution in [0.25, 0.3) is 0 Å². The predicted octanol–water partition coefficient (Wildman–Crippen LogP) is 2.09. The van der Waals surface area contributed by atoms with Crippen LogP contribution in [-0.2, 0) is 0 Å². The van der Waals surface area contributed by atoms with Gasteiger partial charge in [-0.1, -0.05) is 6.07 Å². The number of carbonyl (C=O) groups is 1. The summed E-state index contributed by atoms with van der Waals surface area (Å²) in [5, 5.41) is 12.3. The lowest BCUT2D eigenvalue weighted by atomic mass is 9.95. The fourth-order valence-electron chi connectivity index (χ4n) is 2.04. The normalized spacial score (nSPS) is 19.4. The number of nitrogens with zero attached hydrogens (tertiary/aromatic N) is 1. The molecule has 0 unspecified atom stereocenters. The van der Waals surface area contributed by atoms with Crippen LogP contribution in [-0.4, -0.2) is 23.2 Å². The van der Waals surface area contributed by atoms with Crippen molar-refractivity contribution in [2.75, 3.05) is 11.4 Å². The van der Waals surface area contributed by atoms with E-state index in [1.54, 1.807) is 23.1 Å². The van der Waals surface area contributed by atoms with Crippen LogP contribution in [0.2, 0.25) is 0 Å². The summed E-state index contributed by atoms with van der Waals surface area (Å²) in [7, 11) is 0. The standard InChI is InChI=1S/C12H16N2O2/c1-12(2)6-7-13-11(16)14(12)9-4-3-5-10(15)8-9/h3-5,8,15H,6-7H2,1-2H3,(H,13,16). The molecule has 16 heavy (non-hydrogen) atoms. The van der Waals surface area contributed by atoms with E-state index in [4.69, 9.17) is 0 Å². The molecule has 0 spiro atoms. The largest absolute Gasteiger partial charge is 0.508 e. The van der Waals surface area contributed by atoms with E-state index in [1.165, 1.54) is 0 Å². The molecule has 1 aromatic rings. The number of phenols is 1. The van der Waals surface area contributed by atoms with Crippen molar-refractivity contribution in [1.29, 1.82) is 0 Å². The predicted molar refractivity (Wildman–Crippen MR) is 62.7 cm³/mol. The van der Waals surface area contributed by atoms with E-state index in [0.717, 1.165) is 12.1 Å². The summed E-state index contributed by atoms with van der Waals surface area (Å²) in [6.45, 7) is 4.74. The third-order valence-corrected chi connectivity index (χ3v) is 2.91. The first-order valence-corrected chi connectivity index (χ1v) is 5.38. The van der Waals surface area contributed by atoms with E-state index >= 15 is 0 Å². The van der Waals surface area contributed by atoms with Crippen molar-refractivity contribution in [3.05, 3.63) is 24.3 Å². The highest BCUT2D eigenvalue weighted by molar-refractivity contribution is 5.94. The molecular formula is C12H16N2O2. The van der Waals surface area contributed by atoms with E-state index < -0.39 is 0 Å². The zero-order valence-electron chi connectivity index (χ0n) is 9.53. The number of hydrogen-bond acceptors (Lipinski definition) is 2. The Bertz CT molecular complexity index is 415. The zero-order chi connectivity index (χ0) is 11.8. The van der Waals surface area contributed by atoms with Crippen LogP contribution < -0.4 is 10.2 Å². The van der Waals surface area contributed by atoms with Crippen molar-refractivity contribution in [2.45, 2.75) is 25.8 Å². The number of aromatic hydroxyl groups is 1. The molecule has 1 saturated heterocycles. The lowest BCUT2D eigenvalue weighted by Crippen LogP contribution is -2.58. The van der Waals surface area contributed by atoms with Gasteiger partial charge in [0.15, 0.2) is 0 Å². The molecule has 1 fully saturated rings. The molecule has 0 atom stereocenters. The summed E-state index contributed by atoms with van der Waals surface area (Å²) in [6.07, 6.45) is 0.883. The minimum atomic E-state index is -0.226. The minimum absolute atomic E-state index is 0.109. The molecule has 86 valence electrons. The van der Waals surface area contributed by atoms with Gasteiger partial charge in [-0.15, -0.1) is 0 Å². The van der Waals surface area contributed by atoms with E-state index in [9.17, 15) is 9.90 Å². The molecule has 1 aliphatic rings. The van der Waals surface area contributed by atoms with Gasteiger partial charge in [-0.3, -0.25) is 4.90 Å². The van der Waals surface area contributed by atoms with Crippen LogP contribution in [0, 0.1) is 0 Å². The summed E-state index contributed by atoms with van der Waals surface area (Å²) < 4.78 is 0. The van der Waals surface area contributed by atoms with Gasteiger partial charge < -0.3 is 10.4 Å². The van der Waals surface area contributed by atoms with Crippen LogP contribution in [0.4, 0.5) is 10.5 Å². The molecule has 4 nitrogen and oxygen atoms in total. The van der Waals surface area contributed by atoms with Gasteiger partial charge in [0.1, 0.15) is 5.75 Å². The third kappa shape index (κ3) is 1.83. The van der Waals surface area contributed by atoms with Gasteiger partial charge in [0.2, 0.25) is 0 Å². The van der Waals surface area contributed by atoms with Gasteiger partial charge in [0, 0.05) is 23.8 Å². The Morgan fingerprint density at radius 3 is 2.81 bits per heavy atom. The number of benzene rings is 1. The Labute approximate surface area is 94.9 Å². The Morgan fingerprint density at radius 1 is 1.44 bits per heavy atom. The smallest absolute Gasteiger partial charge is 0.322 e. The molecule has 2 rings (SSSR count). The Hall–Kier alpha value is -1.71. The van der Waals surface area contributed by atoms with Crippen molar-refractivity contribution in [3.63, 3.8) is 0 Å². The van der Waals surface area contributed by atoms with Crippen LogP contribution in [0.15, 0.2) is 24.3 Å². The Balaban J connectivity index is 2.40. The summed E-state index contributed by atoms with van der Waals surface area (Å²) >= 11 is 0. The first kappa shape index (κ1) is 10.8. The molecule has 4 heteroatoms. The van der Waals surface area contributed by atoms with E-state index in [1.807, 2.05) is 19.9 Å². The second kappa shape index (κ2) is 3.70. The monoisotopic (exact) mass is 220 g/mol. The number of rotatable bonds is 1. The number of hydrogen-bond donors (Lipinski definition) is 2. The molecular weight excluding hydrogens is 204 g/mol. The van der Waals surface area contributed by atoms with Crippen LogP contribution in [0.5, 0.6) is 5.75 Å². The fraction of sp³-hybridized carbons (Fsp3) is 0.417. The average molecular weight is 220 g/mol. The molecule has 0 bridgehead atoms. The Kier molecular flexibility index (Phi) is 2.50. The van der Waals surface area contributed by atoms with Gasteiger partial charge in [-0.25, -0.2) is 4.79 Å². The number of urea groups is 1. The van der Waals surface area contributed by atoms with Gasteiger partial charge in [-0.2, -0.15) is 0 Å². The highest BCUT2D eigenvalue weighted by atomic mass is 16.3. The maximum atomic E-state index is 11.9. The zero-order valence-corrected chi connectivity index (χ0v) is 9.53. The highest BCUT2D eigenvalue weighted by Gasteiger charge is 2.35. The van der Waals surface area contributed by atoms with Crippen molar-refractivity contribution in [3.8, 4) is 5.75 Å². The van der Waals surface area contributed by atoms with Crippen molar-refractivity contribution >= 4 is 11.7 Å². The SMILES string of the molecule is CC1(C)CCNC(=O)N1c1cccc(O)c1. The maximum Gasteiger partial charge on any atom is 0.322 e. The lowest BCUT2D eigenvalue weighted by molar-refractivity contribution is 0.230. The lowest BCUT2D eigenvalue weighted by Gasteiger charge is -2.42. The number of anilines is 1. The molecule has 1 aliphatic heterocycles. The summed E-state index contributed by atoms with van der Waals surface area (Å²) in [6, 6.07) is 6.65. The number of carbonyl (C=O) groups excluding carboxylic acids is 1. The molecule has 1 aromatic carbocycles. The fourth-order valence-corrected chi connectivity index (χ4v) is 2.04. The van der Waals surface area contributed by atoms with Crippen molar-refractivity contribution in [2.24, 2.45) is 0 Å². The van der Waals surface area contributed by atoms with Gasteiger partial charge in [0.05, 0.1) is 0 Å². The number of amides is 2. The topological polar surface area (TPSA) is 52.6 Å². The van der Waals surface area contributed by atoms with Crippen LogP contribution in [0.3, 0.4) is 0 Å².